The van der Waals surface area contributed by atoms with Crippen LogP contribution in [-0.4, -0.2) is 28.6 Å². The average Bonchev–Trinajstić information content (AvgIpc) is 3.36. The van der Waals surface area contributed by atoms with Crippen LogP contribution in [0.4, 0.5) is 4.79 Å². The van der Waals surface area contributed by atoms with Crippen molar-refractivity contribution in [2.24, 2.45) is 0 Å². The van der Waals surface area contributed by atoms with Gasteiger partial charge < -0.3 is 9.15 Å². The predicted molar refractivity (Wildman–Crippen MR) is 128 cm³/mol. The molecular formula is C24H17Cl2NO5S. The first kappa shape index (κ1) is 23.2. The molecular weight excluding hydrogens is 485 g/mol. The number of halogens is 2. The second-order valence-electron chi connectivity index (χ2n) is 6.97. The van der Waals surface area contributed by atoms with Crippen molar-refractivity contribution >= 4 is 58.2 Å². The molecule has 6 nitrogen and oxygen atoms in total. The summed E-state index contributed by atoms with van der Waals surface area (Å²) in [5.41, 5.74) is 1.71. The molecule has 1 saturated heterocycles. The molecule has 168 valence electrons. The van der Waals surface area contributed by atoms with Gasteiger partial charge in [0.2, 0.25) is 0 Å². The number of imide groups is 1. The van der Waals surface area contributed by atoms with Gasteiger partial charge in [-0.2, -0.15) is 0 Å². The Labute approximate surface area is 204 Å². The molecule has 2 amide bonds. The third-order valence-corrected chi connectivity index (χ3v) is 6.45. The van der Waals surface area contributed by atoms with Gasteiger partial charge >= 0.3 is 5.97 Å². The Bertz CT molecular complexity index is 1250. The van der Waals surface area contributed by atoms with Gasteiger partial charge in [0.25, 0.3) is 11.1 Å². The van der Waals surface area contributed by atoms with Gasteiger partial charge in [-0.3, -0.25) is 14.5 Å². The fourth-order valence-corrected chi connectivity index (χ4v) is 4.51. The van der Waals surface area contributed by atoms with Crippen molar-refractivity contribution in [3.05, 3.63) is 86.4 Å². The lowest BCUT2D eigenvalue weighted by Gasteiger charge is -2.14. The summed E-state index contributed by atoms with van der Waals surface area (Å²) >= 11 is 13.2. The van der Waals surface area contributed by atoms with Crippen LogP contribution in [0.25, 0.3) is 17.4 Å². The molecule has 4 rings (SSSR count). The van der Waals surface area contributed by atoms with Gasteiger partial charge in [0.15, 0.2) is 0 Å². The first-order chi connectivity index (χ1) is 15.9. The van der Waals surface area contributed by atoms with E-state index >= 15 is 0 Å². The molecule has 1 fully saturated rings. The smallest absolute Gasteiger partial charge is 0.338 e. The lowest BCUT2D eigenvalue weighted by molar-refractivity contribution is -0.123. The van der Waals surface area contributed by atoms with E-state index in [2.05, 4.69) is 0 Å². The molecule has 2 aromatic carbocycles. The minimum absolute atomic E-state index is 0.0171. The second kappa shape index (κ2) is 9.87. The van der Waals surface area contributed by atoms with Crippen LogP contribution in [0, 0.1) is 0 Å². The molecule has 1 aliphatic rings. The van der Waals surface area contributed by atoms with Crippen LogP contribution >= 0.6 is 35.0 Å². The highest BCUT2D eigenvalue weighted by molar-refractivity contribution is 8.18. The number of nitrogens with zero attached hydrogens (tertiary/aromatic N) is 1. The first-order valence-corrected chi connectivity index (χ1v) is 11.5. The largest absolute Gasteiger partial charge is 0.462 e. The van der Waals surface area contributed by atoms with Gasteiger partial charge in [-0.15, -0.1) is 0 Å². The van der Waals surface area contributed by atoms with Crippen molar-refractivity contribution in [1.82, 2.24) is 4.90 Å². The quantitative estimate of drug-likeness (QED) is 0.277. The Balaban J connectivity index is 1.51. The number of furan rings is 1. The third kappa shape index (κ3) is 5.00. The van der Waals surface area contributed by atoms with Gasteiger partial charge in [-0.25, -0.2) is 4.79 Å². The molecule has 0 radical (unpaired) electrons. The van der Waals surface area contributed by atoms with Crippen LogP contribution in [0.1, 0.15) is 28.6 Å². The summed E-state index contributed by atoms with van der Waals surface area (Å²) < 4.78 is 10.8. The number of rotatable bonds is 6. The van der Waals surface area contributed by atoms with Crippen molar-refractivity contribution < 1.29 is 23.5 Å². The Morgan fingerprint density at radius 2 is 1.76 bits per heavy atom. The van der Waals surface area contributed by atoms with Crippen molar-refractivity contribution in [3.8, 4) is 11.3 Å². The number of thioether (sulfide) groups is 1. The maximum Gasteiger partial charge on any atom is 0.338 e. The number of hydrogen-bond acceptors (Lipinski definition) is 6. The molecule has 33 heavy (non-hydrogen) atoms. The van der Waals surface area contributed by atoms with Crippen molar-refractivity contribution in [1.29, 1.82) is 0 Å². The van der Waals surface area contributed by atoms with Crippen molar-refractivity contribution in [2.45, 2.75) is 13.5 Å². The van der Waals surface area contributed by atoms with Crippen LogP contribution in [0.5, 0.6) is 0 Å². The number of esters is 1. The summed E-state index contributed by atoms with van der Waals surface area (Å²) in [5.74, 6) is 0.134. The summed E-state index contributed by atoms with van der Waals surface area (Å²) in [6.45, 7) is 2.03. The normalized spacial score (nSPS) is 14.9. The molecule has 1 aliphatic heterocycles. The number of carbonyl (C=O) groups is 3. The van der Waals surface area contributed by atoms with E-state index in [1.807, 2.05) is 0 Å². The Morgan fingerprint density at radius 3 is 2.42 bits per heavy atom. The Morgan fingerprint density at radius 1 is 1.06 bits per heavy atom. The highest BCUT2D eigenvalue weighted by atomic mass is 35.5. The zero-order valence-electron chi connectivity index (χ0n) is 17.3. The van der Waals surface area contributed by atoms with Crippen molar-refractivity contribution in [3.63, 3.8) is 0 Å². The van der Waals surface area contributed by atoms with Crippen LogP contribution in [0.3, 0.4) is 0 Å². The lowest BCUT2D eigenvalue weighted by Crippen LogP contribution is -2.27. The monoisotopic (exact) mass is 501 g/mol. The average molecular weight is 502 g/mol. The Kier molecular flexibility index (Phi) is 6.93. The molecule has 9 heteroatoms. The molecule has 0 atom stereocenters. The summed E-state index contributed by atoms with van der Waals surface area (Å²) in [5, 5.41) is 0.355. The maximum absolute atomic E-state index is 12.8. The van der Waals surface area contributed by atoms with Gasteiger partial charge in [0.1, 0.15) is 11.5 Å². The molecule has 0 spiro atoms. The van der Waals surface area contributed by atoms with Gasteiger partial charge in [-0.05, 0) is 55.1 Å². The van der Waals surface area contributed by atoms with E-state index < -0.39 is 17.1 Å². The maximum atomic E-state index is 12.8. The first-order valence-electron chi connectivity index (χ1n) is 9.93. The third-order valence-electron chi connectivity index (χ3n) is 4.83. The van der Waals surface area contributed by atoms with Gasteiger partial charge in [-0.1, -0.05) is 41.4 Å². The number of carbonyl (C=O) groups excluding carboxylic acids is 3. The molecule has 2 heterocycles. The van der Waals surface area contributed by atoms with E-state index in [0.29, 0.717) is 39.3 Å². The standard InChI is InChI=1S/C24H17Cl2NO5S/c1-2-31-23(29)15-8-6-14(7-9-15)20-11-10-16(32-20)12-21-22(28)27(24(30)33-21)13-17-18(25)4-3-5-19(17)26/h3-12H,2,13H2,1H3/b21-12-. The zero-order valence-corrected chi connectivity index (χ0v) is 19.7. The van der Waals surface area contributed by atoms with Crippen molar-refractivity contribution in [2.75, 3.05) is 6.61 Å². The number of ether oxygens (including phenoxy) is 1. The lowest BCUT2D eigenvalue weighted by atomic mass is 10.1. The highest BCUT2D eigenvalue weighted by Crippen LogP contribution is 2.36. The molecule has 1 aromatic heterocycles. The molecule has 0 saturated carbocycles. The molecule has 0 N–H and O–H groups in total. The van der Waals surface area contributed by atoms with E-state index in [1.54, 1.807) is 61.5 Å². The SMILES string of the molecule is CCOC(=O)c1ccc(-c2ccc(/C=C3\SC(=O)N(Cc4c(Cl)cccc4Cl)C3=O)o2)cc1. The summed E-state index contributed by atoms with van der Waals surface area (Å²) in [6.07, 6.45) is 1.52. The topological polar surface area (TPSA) is 76.8 Å². The minimum atomic E-state index is -0.447. The second-order valence-corrected chi connectivity index (χ2v) is 8.78. The minimum Gasteiger partial charge on any atom is -0.462 e. The Hall–Kier alpha value is -3.00. The summed E-state index contributed by atoms with van der Waals surface area (Å²) in [4.78, 5) is 38.4. The van der Waals surface area contributed by atoms with E-state index in [9.17, 15) is 14.4 Å². The highest BCUT2D eigenvalue weighted by Gasteiger charge is 2.36. The van der Waals surface area contributed by atoms with Gasteiger partial charge in [0, 0.05) is 27.2 Å². The number of benzene rings is 2. The van der Waals surface area contributed by atoms with Crippen LogP contribution in [0.2, 0.25) is 10.0 Å². The fraction of sp³-hybridized carbons (Fsp3) is 0.125. The van der Waals surface area contributed by atoms with Gasteiger partial charge in [0.05, 0.1) is 23.6 Å². The van der Waals surface area contributed by atoms with E-state index in [4.69, 9.17) is 32.4 Å². The molecule has 0 unspecified atom stereocenters. The van der Waals surface area contributed by atoms with E-state index in [1.165, 1.54) is 6.08 Å². The van der Waals surface area contributed by atoms with Crippen LogP contribution < -0.4 is 0 Å². The van der Waals surface area contributed by atoms with E-state index in [0.717, 1.165) is 22.2 Å². The van der Waals surface area contributed by atoms with E-state index in [-0.39, 0.29) is 11.4 Å². The predicted octanol–water partition coefficient (Wildman–Crippen LogP) is 6.67. The molecule has 3 aromatic rings. The van der Waals surface area contributed by atoms with Crippen LogP contribution in [0.15, 0.2) is 63.9 Å². The fourth-order valence-electron chi connectivity index (χ4n) is 3.18. The molecule has 0 bridgehead atoms. The zero-order chi connectivity index (χ0) is 23.5. The number of hydrogen-bond donors (Lipinski definition) is 0. The number of amides is 2. The summed E-state index contributed by atoms with van der Waals surface area (Å²) in [7, 11) is 0. The van der Waals surface area contributed by atoms with Crippen LogP contribution in [-0.2, 0) is 16.1 Å². The molecule has 0 aliphatic carbocycles. The summed E-state index contributed by atoms with van der Waals surface area (Å²) in [6, 6.07) is 15.3.